The zero-order valence-electron chi connectivity index (χ0n) is 20.8. The molecule has 0 aliphatic carbocycles. The van der Waals surface area contributed by atoms with Crippen LogP contribution < -0.4 is 27.4 Å². The largest absolute Gasteiger partial charge is 0.480 e. The third kappa shape index (κ3) is 11.5. The van der Waals surface area contributed by atoms with Gasteiger partial charge < -0.3 is 37.5 Å². The third-order valence-electron chi connectivity index (χ3n) is 5.21. The van der Waals surface area contributed by atoms with Crippen molar-refractivity contribution in [1.82, 2.24) is 25.9 Å². The summed E-state index contributed by atoms with van der Waals surface area (Å²) in [6.07, 6.45) is 5.10. The van der Waals surface area contributed by atoms with Crippen molar-refractivity contribution in [1.29, 1.82) is 0 Å². The number of nitrogens with one attached hydrogen (secondary N) is 4. The maximum atomic E-state index is 13.1. The molecule has 4 atom stereocenters. The number of aromatic amines is 1. The molecule has 4 amide bonds. The molecule has 1 rings (SSSR count). The van der Waals surface area contributed by atoms with Crippen molar-refractivity contribution >= 4 is 41.4 Å². The van der Waals surface area contributed by atoms with Crippen LogP contribution in [0.15, 0.2) is 12.5 Å². The van der Waals surface area contributed by atoms with Crippen molar-refractivity contribution < 1.29 is 29.1 Å². The second-order valence-corrected chi connectivity index (χ2v) is 9.81. The lowest BCUT2D eigenvalue weighted by Crippen LogP contribution is -2.57. The van der Waals surface area contributed by atoms with Crippen LogP contribution in [-0.2, 0) is 30.4 Å². The van der Waals surface area contributed by atoms with Crippen molar-refractivity contribution in [2.24, 2.45) is 17.4 Å². The van der Waals surface area contributed by atoms with Crippen LogP contribution in [0.2, 0.25) is 0 Å². The molecule has 0 saturated carbocycles. The summed E-state index contributed by atoms with van der Waals surface area (Å²) in [4.78, 5) is 68.2. The number of aromatic nitrogens is 2. The number of H-pyrrole nitrogens is 1. The summed E-state index contributed by atoms with van der Waals surface area (Å²) in [6, 6.07) is -4.35. The van der Waals surface area contributed by atoms with Crippen LogP contribution in [0.5, 0.6) is 0 Å². The number of hydrogen-bond acceptors (Lipinski definition) is 8. The van der Waals surface area contributed by atoms with Crippen molar-refractivity contribution in [2.45, 2.75) is 70.1 Å². The fourth-order valence-corrected chi connectivity index (χ4v) is 3.77. The number of carbonyl (C=O) groups is 5. The van der Waals surface area contributed by atoms with E-state index in [1.807, 2.05) is 20.1 Å². The standard InChI is InChI=1S/C22H37N7O6S/c1-12(2)8-17(22(34)35)29-20(32)15(4-5-18(24)30)28-21(33)16(6-7-36-3)27-19(31)14(23)9-13-10-25-11-26-13/h10-12,14-17H,4-9,23H2,1-3H3,(H2,24,30)(H,25,26)(H,27,31)(H,28,33)(H,29,32)(H,34,35). The first-order valence-corrected chi connectivity index (χ1v) is 13.0. The number of nitrogens with two attached hydrogens (primary N) is 2. The van der Waals surface area contributed by atoms with E-state index in [-0.39, 0.29) is 38.0 Å². The quantitative estimate of drug-likeness (QED) is 0.130. The molecule has 4 unspecified atom stereocenters. The monoisotopic (exact) mass is 527 g/mol. The van der Waals surface area contributed by atoms with Gasteiger partial charge in [-0.3, -0.25) is 19.2 Å². The van der Waals surface area contributed by atoms with E-state index in [4.69, 9.17) is 11.5 Å². The Labute approximate surface area is 214 Å². The lowest BCUT2D eigenvalue weighted by molar-refractivity contribution is -0.143. The van der Waals surface area contributed by atoms with Crippen molar-refractivity contribution in [3.8, 4) is 0 Å². The fraction of sp³-hybridized carbons (Fsp3) is 0.636. The van der Waals surface area contributed by atoms with E-state index < -0.39 is 53.8 Å². The Bertz CT molecular complexity index is 880. The molecule has 1 heterocycles. The molecule has 9 N–H and O–H groups in total. The van der Waals surface area contributed by atoms with Gasteiger partial charge in [0.15, 0.2) is 0 Å². The van der Waals surface area contributed by atoms with Gasteiger partial charge in [0.05, 0.1) is 12.4 Å². The van der Waals surface area contributed by atoms with E-state index in [1.54, 1.807) is 0 Å². The number of thioether (sulfide) groups is 1. The summed E-state index contributed by atoms with van der Waals surface area (Å²) in [5, 5.41) is 17.0. The van der Waals surface area contributed by atoms with Gasteiger partial charge in [0.1, 0.15) is 18.1 Å². The molecular weight excluding hydrogens is 490 g/mol. The number of nitrogens with zero attached hydrogens (tertiary/aromatic N) is 1. The summed E-state index contributed by atoms with van der Waals surface area (Å²) in [7, 11) is 0. The van der Waals surface area contributed by atoms with E-state index in [0.29, 0.717) is 11.4 Å². The molecule has 14 heteroatoms. The molecule has 1 aromatic heterocycles. The maximum Gasteiger partial charge on any atom is 0.326 e. The van der Waals surface area contributed by atoms with Crippen molar-refractivity contribution in [3.63, 3.8) is 0 Å². The molecule has 36 heavy (non-hydrogen) atoms. The van der Waals surface area contributed by atoms with Crippen LogP contribution >= 0.6 is 11.8 Å². The summed E-state index contributed by atoms with van der Waals surface area (Å²) < 4.78 is 0. The highest BCUT2D eigenvalue weighted by atomic mass is 32.2. The minimum atomic E-state index is -1.23. The zero-order chi connectivity index (χ0) is 27.3. The average Bonchev–Trinajstić information content (AvgIpc) is 3.30. The average molecular weight is 528 g/mol. The highest BCUT2D eigenvalue weighted by molar-refractivity contribution is 7.98. The number of hydrogen-bond donors (Lipinski definition) is 7. The maximum absolute atomic E-state index is 13.1. The SMILES string of the molecule is CSCCC(NC(=O)C(N)Cc1cnc[nH]1)C(=O)NC(CCC(N)=O)C(=O)NC(CC(C)C)C(=O)O. The van der Waals surface area contributed by atoms with E-state index in [1.165, 1.54) is 24.3 Å². The Hall–Kier alpha value is -3.13. The number of imidazole rings is 1. The van der Waals surface area contributed by atoms with Crippen LogP contribution in [0.4, 0.5) is 0 Å². The minimum absolute atomic E-state index is 0.0119. The molecule has 0 aliphatic rings. The topological polar surface area (TPSA) is 222 Å². The fourth-order valence-electron chi connectivity index (χ4n) is 3.30. The first-order chi connectivity index (χ1) is 16.9. The molecule has 0 bridgehead atoms. The second kappa shape index (κ2) is 15.8. The molecule has 0 aliphatic heterocycles. The highest BCUT2D eigenvalue weighted by Crippen LogP contribution is 2.08. The van der Waals surface area contributed by atoms with Gasteiger partial charge in [-0.2, -0.15) is 11.8 Å². The summed E-state index contributed by atoms with van der Waals surface area (Å²) in [5.74, 6) is -3.37. The van der Waals surface area contributed by atoms with E-state index in [2.05, 4.69) is 25.9 Å². The summed E-state index contributed by atoms with van der Waals surface area (Å²) in [5.41, 5.74) is 11.8. The third-order valence-corrected chi connectivity index (χ3v) is 5.85. The van der Waals surface area contributed by atoms with Crippen LogP contribution in [0.25, 0.3) is 0 Å². The van der Waals surface area contributed by atoms with Gasteiger partial charge in [-0.15, -0.1) is 0 Å². The van der Waals surface area contributed by atoms with E-state index in [0.717, 1.165) is 0 Å². The predicted molar refractivity (Wildman–Crippen MR) is 135 cm³/mol. The summed E-state index contributed by atoms with van der Waals surface area (Å²) in [6.45, 7) is 3.62. The number of aliphatic carboxylic acids is 1. The molecule has 0 spiro atoms. The smallest absolute Gasteiger partial charge is 0.326 e. The Balaban J connectivity index is 2.95. The number of carbonyl (C=O) groups excluding carboxylic acids is 4. The summed E-state index contributed by atoms with van der Waals surface area (Å²) >= 11 is 1.46. The van der Waals surface area contributed by atoms with Crippen LogP contribution in [-0.4, -0.2) is 80.8 Å². The highest BCUT2D eigenvalue weighted by Gasteiger charge is 2.30. The number of rotatable bonds is 17. The van der Waals surface area contributed by atoms with Gasteiger partial charge >= 0.3 is 5.97 Å². The molecule has 0 fully saturated rings. The first-order valence-electron chi connectivity index (χ1n) is 11.6. The number of amides is 4. The van der Waals surface area contributed by atoms with Crippen LogP contribution in [0, 0.1) is 5.92 Å². The van der Waals surface area contributed by atoms with Gasteiger partial charge in [0.2, 0.25) is 23.6 Å². The number of primary amides is 1. The van der Waals surface area contributed by atoms with Crippen molar-refractivity contribution in [2.75, 3.05) is 12.0 Å². The van der Waals surface area contributed by atoms with Crippen LogP contribution in [0.3, 0.4) is 0 Å². The molecule has 0 aromatic carbocycles. The molecule has 13 nitrogen and oxygen atoms in total. The molecular formula is C22H37N7O6S. The minimum Gasteiger partial charge on any atom is -0.480 e. The molecule has 0 radical (unpaired) electrons. The van der Waals surface area contributed by atoms with Gasteiger partial charge in [0, 0.05) is 24.7 Å². The second-order valence-electron chi connectivity index (χ2n) is 8.83. The Morgan fingerprint density at radius 2 is 1.61 bits per heavy atom. The Kier molecular flexibility index (Phi) is 13.5. The Morgan fingerprint density at radius 3 is 2.11 bits per heavy atom. The van der Waals surface area contributed by atoms with E-state index in [9.17, 15) is 29.1 Å². The predicted octanol–water partition coefficient (Wildman–Crippen LogP) is -1.12. The molecule has 202 valence electrons. The normalized spacial score (nSPS) is 14.4. The van der Waals surface area contributed by atoms with Crippen LogP contribution in [0.1, 0.15) is 45.2 Å². The zero-order valence-corrected chi connectivity index (χ0v) is 21.6. The van der Waals surface area contributed by atoms with Gasteiger partial charge in [-0.1, -0.05) is 13.8 Å². The Morgan fingerprint density at radius 1 is 1.03 bits per heavy atom. The lowest BCUT2D eigenvalue weighted by Gasteiger charge is -2.25. The van der Waals surface area contributed by atoms with Crippen molar-refractivity contribution in [3.05, 3.63) is 18.2 Å². The number of carboxylic acids is 1. The first kappa shape index (κ1) is 30.9. The van der Waals surface area contributed by atoms with Gasteiger partial charge in [0.25, 0.3) is 0 Å². The van der Waals surface area contributed by atoms with Gasteiger partial charge in [-0.25, -0.2) is 9.78 Å². The van der Waals surface area contributed by atoms with Gasteiger partial charge in [-0.05, 0) is 37.2 Å². The lowest BCUT2D eigenvalue weighted by atomic mass is 10.0. The number of carboxylic acid groups (broad SMARTS) is 1. The molecule has 1 aromatic rings. The molecule has 0 saturated heterocycles. The van der Waals surface area contributed by atoms with E-state index >= 15 is 0 Å².